The quantitative estimate of drug-likeness (QED) is 0.825. The predicted octanol–water partition coefficient (Wildman–Crippen LogP) is 2.03. The monoisotopic (exact) mass is 327 g/mol. The molecule has 5 heteroatoms. The molecule has 1 aliphatic rings. The number of anilines is 1. The molecule has 0 radical (unpaired) electrons. The minimum absolute atomic E-state index is 0.139. The van der Waals surface area contributed by atoms with Crippen LogP contribution >= 0.6 is 0 Å². The van der Waals surface area contributed by atoms with Gasteiger partial charge in [-0.1, -0.05) is 30.3 Å². The molecule has 1 heterocycles. The van der Waals surface area contributed by atoms with Crippen LogP contribution in [0.3, 0.4) is 0 Å². The highest BCUT2D eigenvalue weighted by Gasteiger charge is 2.51. The molecule has 0 aliphatic carbocycles. The molecule has 0 saturated carbocycles. The number of benzene rings is 2. The number of methoxy groups -OCH3 is 2. The Morgan fingerprint density at radius 3 is 2.33 bits per heavy atom. The van der Waals surface area contributed by atoms with E-state index < -0.39 is 18.2 Å². The predicted molar refractivity (Wildman–Crippen MR) is 91.2 cm³/mol. The van der Waals surface area contributed by atoms with Crippen LogP contribution in [0.2, 0.25) is 0 Å². The van der Waals surface area contributed by atoms with Gasteiger partial charge in [0.1, 0.15) is 5.75 Å². The first-order valence-electron chi connectivity index (χ1n) is 7.87. The van der Waals surface area contributed by atoms with Crippen LogP contribution in [0.5, 0.6) is 5.75 Å². The van der Waals surface area contributed by atoms with Gasteiger partial charge in [-0.25, -0.2) is 0 Å². The highest BCUT2D eigenvalue weighted by Crippen LogP contribution is 2.33. The summed E-state index contributed by atoms with van der Waals surface area (Å²) < 4.78 is 10.4. The van der Waals surface area contributed by atoms with Crippen LogP contribution in [-0.4, -0.2) is 43.5 Å². The lowest BCUT2D eigenvalue weighted by Gasteiger charge is -2.48. The molecule has 1 aliphatic heterocycles. The fraction of sp³-hybridized carbons (Fsp3) is 0.316. The number of ether oxygens (including phenoxy) is 2. The maximum atomic E-state index is 12.4. The number of carbonyl (C=O) groups excluding carboxylic acids is 1. The number of hydrogen-bond acceptors (Lipinski definition) is 4. The summed E-state index contributed by atoms with van der Waals surface area (Å²) in [7, 11) is 3.09. The van der Waals surface area contributed by atoms with E-state index in [9.17, 15) is 9.90 Å². The van der Waals surface area contributed by atoms with Crippen molar-refractivity contribution in [3.05, 3.63) is 60.2 Å². The van der Waals surface area contributed by atoms with Crippen LogP contribution in [0.4, 0.5) is 5.69 Å². The number of aliphatic hydroxyl groups is 1. The first-order valence-corrected chi connectivity index (χ1v) is 7.87. The van der Waals surface area contributed by atoms with Gasteiger partial charge in [0, 0.05) is 19.2 Å². The van der Waals surface area contributed by atoms with Gasteiger partial charge in [-0.15, -0.1) is 0 Å². The van der Waals surface area contributed by atoms with Gasteiger partial charge in [-0.05, 0) is 29.8 Å². The van der Waals surface area contributed by atoms with Crippen LogP contribution < -0.4 is 9.64 Å². The lowest BCUT2D eigenvalue weighted by Crippen LogP contribution is -2.70. The summed E-state index contributed by atoms with van der Waals surface area (Å²) in [5.74, 6) is 0.580. The van der Waals surface area contributed by atoms with Gasteiger partial charge in [-0.2, -0.15) is 0 Å². The third-order valence-electron chi connectivity index (χ3n) is 4.38. The van der Waals surface area contributed by atoms with Crippen LogP contribution in [-0.2, 0) is 16.0 Å². The number of hydrogen-bond donors (Lipinski definition) is 1. The Kier molecular flexibility index (Phi) is 4.83. The molecule has 5 nitrogen and oxygen atoms in total. The molecule has 1 saturated heterocycles. The first kappa shape index (κ1) is 16.5. The molecule has 2 aromatic rings. The van der Waals surface area contributed by atoms with Crippen molar-refractivity contribution in [1.29, 1.82) is 0 Å². The van der Waals surface area contributed by atoms with Crippen molar-refractivity contribution < 1.29 is 19.4 Å². The van der Waals surface area contributed by atoms with Gasteiger partial charge in [-0.3, -0.25) is 4.79 Å². The number of β-lactam (4-membered cyclic amide) rings is 1. The molecule has 2 aromatic carbocycles. The minimum atomic E-state index is -0.711. The van der Waals surface area contributed by atoms with Crippen molar-refractivity contribution in [3.63, 3.8) is 0 Å². The largest absolute Gasteiger partial charge is 0.497 e. The smallest absolute Gasteiger partial charge is 0.258 e. The fourth-order valence-corrected chi connectivity index (χ4v) is 3.12. The van der Waals surface area contributed by atoms with Crippen molar-refractivity contribution in [1.82, 2.24) is 0 Å². The number of carbonyl (C=O) groups is 1. The van der Waals surface area contributed by atoms with E-state index in [2.05, 4.69) is 0 Å². The van der Waals surface area contributed by atoms with E-state index >= 15 is 0 Å². The van der Waals surface area contributed by atoms with Crippen molar-refractivity contribution in [2.24, 2.45) is 0 Å². The first-order chi connectivity index (χ1) is 11.7. The Morgan fingerprint density at radius 2 is 1.75 bits per heavy atom. The highest BCUT2D eigenvalue weighted by molar-refractivity contribution is 6.05. The van der Waals surface area contributed by atoms with Gasteiger partial charge < -0.3 is 19.5 Å². The maximum Gasteiger partial charge on any atom is 0.258 e. The summed E-state index contributed by atoms with van der Waals surface area (Å²) >= 11 is 0. The third kappa shape index (κ3) is 3.00. The Balaban J connectivity index is 1.80. The van der Waals surface area contributed by atoms with E-state index in [1.165, 1.54) is 7.11 Å². The lowest BCUT2D eigenvalue weighted by atomic mass is 9.88. The molecular formula is C19H21NO4. The second-order valence-corrected chi connectivity index (χ2v) is 5.81. The molecule has 24 heavy (non-hydrogen) atoms. The van der Waals surface area contributed by atoms with Gasteiger partial charge in [0.25, 0.3) is 5.91 Å². The molecular weight excluding hydrogens is 306 g/mol. The van der Waals surface area contributed by atoms with E-state index in [1.54, 1.807) is 24.1 Å². The zero-order chi connectivity index (χ0) is 17.1. The zero-order valence-electron chi connectivity index (χ0n) is 13.8. The number of aliphatic hydroxyl groups excluding tert-OH is 1. The van der Waals surface area contributed by atoms with Crippen LogP contribution in [0.25, 0.3) is 0 Å². The van der Waals surface area contributed by atoms with Gasteiger partial charge in [0.05, 0.1) is 19.3 Å². The van der Waals surface area contributed by atoms with E-state index in [0.29, 0.717) is 6.42 Å². The van der Waals surface area contributed by atoms with Crippen molar-refractivity contribution in [2.45, 2.75) is 24.7 Å². The van der Waals surface area contributed by atoms with Crippen LogP contribution in [0.15, 0.2) is 54.6 Å². The molecule has 1 fully saturated rings. The Labute approximate surface area is 141 Å². The zero-order valence-corrected chi connectivity index (χ0v) is 13.8. The summed E-state index contributed by atoms with van der Waals surface area (Å²) in [4.78, 5) is 14.0. The Morgan fingerprint density at radius 1 is 1.08 bits per heavy atom. The molecule has 0 aromatic heterocycles. The minimum Gasteiger partial charge on any atom is -0.497 e. The second kappa shape index (κ2) is 7.03. The Hall–Kier alpha value is -2.37. The average Bonchev–Trinajstić information content (AvgIpc) is 2.61. The van der Waals surface area contributed by atoms with E-state index in [4.69, 9.17) is 9.47 Å². The molecule has 1 amide bonds. The lowest BCUT2D eigenvalue weighted by molar-refractivity contribution is -0.144. The number of amides is 1. The fourth-order valence-electron chi connectivity index (χ4n) is 3.12. The molecule has 126 valence electrons. The topological polar surface area (TPSA) is 59.0 Å². The molecule has 3 atom stereocenters. The number of nitrogens with zero attached hydrogens (tertiary/aromatic N) is 1. The van der Waals surface area contributed by atoms with Crippen molar-refractivity contribution >= 4 is 11.6 Å². The molecule has 3 rings (SSSR count). The van der Waals surface area contributed by atoms with E-state index in [1.807, 2.05) is 42.5 Å². The van der Waals surface area contributed by atoms with Crippen LogP contribution in [0.1, 0.15) is 5.56 Å². The van der Waals surface area contributed by atoms with Gasteiger partial charge >= 0.3 is 0 Å². The summed E-state index contributed by atoms with van der Waals surface area (Å²) in [5, 5.41) is 10.7. The second-order valence-electron chi connectivity index (χ2n) is 5.81. The highest BCUT2D eigenvalue weighted by atomic mass is 16.5. The van der Waals surface area contributed by atoms with Crippen molar-refractivity contribution in [3.8, 4) is 5.75 Å². The van der Waals surface area contributed by atoms with Crippen LogP contribution in [0, 0.1) is 0 Å². The summed E-state index contributed by atoms with van der Waals surface area (Å²) in [6, 6.07) is 16.5. The Bertz CT molecular complexity index is 686. The summed E-state index contributed by atoms with van der Waals surface area (Å²) in [6.45, 7) is 0. The molecule has 0 spiro atoms. The van der Waals surface area contributed by atoms with Gasteiger partial charge in [0.15, 0.2) is 6.10 Å². The van der Waals surface area contributed by atoms with E-state index in [-0.39, 0.29) is 5.91 Å². The normalized spacial score (nSPS) is 21.3. The van der Waals surface area contributed by atoms with E-state index in [0.717, 1.165) is 17.0 Å². The molecule has 0 unspecified atom stereocenters. The maximum absolute atomic E-state index is 12.4. The summed E-state index contributed by atoms with van der Waals surface area (Å²) in [6.07, 6.45) is -0.867. The molecule has 1 N–H and O–H groups in total. The SMILES string of the molecule is COc1ccc(N2C(=O)[C@@H](OC)[C@H]2[C@@H](O)Cc2ccccc2)cc1. The van der Waals surface area contributed by atoms with Gasteiger partial charge in [0.2, 0.25) is 0 Å². The standard InChI is InChI=1S/C19H21NO4/c1-23-15-10-8-14(9-11-15)20-17(18(24-2)19(20)22)16(21)12-13-6-4-3-5-7-13/h3-11,16-18,21H,12H2,1-2H3/t16-,17+,18-/m0/s1. The summed E-state index contributed by atoms with van der Waals surface area (Å²) in [5.41, 5.74) is 1.75. The molecule has 0 bridgehead atoms. The third-order valence-corrected chi connectivity index (χ3v) is 4.38. The number of rotatable bonds is 6. The van der Waals surface area contributed by atoms with Crippen molar-refractivity contribution in [2.75, 3.05) is 19.1 Å². The average molecular weight is 327 g/mol.